The number of methoxy groups -OCH3 is 2. The number of nitrogens with zero attached hydrogens (tertiary/aromatic N) is 1. The van der Waals surface area contributed by atoms with Gasteiger partial charge < -0.3 is 24.4 Å². The van der Waals surface area contributed by atoms with Crippen molar-refractivity contribution in [2.24, 2.45) is 17.8 Å². The van der Waals surface area contributed by atoms with E-state index in [1.807, 2.05) is 60.4 Å². The Morgan fingerprint density at radius 3 is 2.19 bits per heavy atom. The van der Waals surface area contributed by atoms with Crippen LogP contribution in [0.15, 0.2) is 60.7 Å². The van der Waals surface area contributed by atoms with E-state index >= 15 is 0 Å². The Morgan fingerprint density at radius 1 is 0.952 bits per heavy atom. The Hall–Kier alpha value is -2.74. The number of carbonyl (C=O) groups excluding carboxylic acids is 2. The Morgan fingerprint density at radius 2 is 1.60 bits per heavy atom. The van der Waals surface area contributed by atoms with Crippen LogP contribution in [0.2, 0.25) is 0 Å². The van der Waals surface area contributed by atoms with Crippen LogP contribution in [0.3, 0.4) is 0 Å². The van der Waals surface area contributed by atoms with E-state index in [0.717, 1.165) is 30.4 Å². The number of likely N-dealkylation sites (tertiary alicyclic amines) is 1. The molecule has 2 amide bonds. The van der Waals surface area contributed by atoms with Gasteiger partial charge in [-0.2, -0.15) is 0 Å². The fourth-order valence-electron chi connectivity index (χ4n) is 6.07. The zero-order valence-corrected chi connectivity index (χ0v) is 26.5. The topological polar surface area (TPSA) is 77.1 Å². The van der Waals surface area contributed by atoms with Gasteiger partial charge in [0.1, 0.15) is 0 Å². The largest absolute Gasteiger partial charge is 0.381 e. The van der Waals surface area contributed by atoms with Gasteiger partial charge >= 0.3 is 0 Å². The molecule has 1 N–H and O–H groups in total. The molecule has 0 aromatic heterocycles. The smallest absolute Gasteiger partial charge is 0.225 e. The van der Waals surface area contributed by atoms with E-state index in [0.29, 0.717) is 38.5 Å². The van der Waals surface area contributed by atoms with Crippen LogP contribution >= 0.6 is 0 Å². The Labute approximate surface area is 253 Å². The summed E-state index contributed by atoms with van der Waals surface area (Å²) in [6.07, 6.45) is 3.21. The number of hydrogen-bond donors (Lipinski definition) is 1. The maximum atomic E-state index is 13.7. The van der Waals surface area contributed by atoms with Crippen molar-refractivity contribution in [2.45, 2.75) is 90.7 Å². The molecular weight excluding hydrogens is 528 g/mol. The lowest BCUT2D eigenvalue weighted by Crippen LogP contribution is -2.52. The molecule has 1 aliphatic heterocycles. The number of carbonyl (C=O) groups is 2. The quantitative estimate of drug-likeness (QED) is 0.261. The molecule has 7 atom stereocenters. The number of hydrogen-bond acceptors (Lipinski definition) is 5. The predicted octanol–water partition coefficient (Wildman–Crippen LogP) is 5.66. The highest BCUT2D eigenvalue weighted by Crippen LogP contribution is 2.29. The molecule has 0 aliphatic carbocycles. The number of amides is 2. The zero-order chi connectivity index (χ0) is 30.5. The maximum absolute atomic E-state index is 13.7. The van der Waals surface area contributed by atoms with Crippen molar-refractivity contribution in [1.29, 1.82) is 0 Å². The van der Waals surface area contributed by atoms with E-state index in [1.165, 1.54) is 0 Å². The second kappa shape index (κ2) is 17.4. The third kappa shape index (κ3) is 9.65. The number of nitrogens with one attached hydrogen (secondary N) is 1. The van der Waals surface area contributed by atoms with Gasteiger partial charge in [0.15, 0.2) is 0 Å². The lowest BCUT2D eigenvalue weighted by Gasteiger charge is -2.35. The molecule has 42 heavy (non-hydrogen) atoms. The van der Waals surface area contributed by atoms with Gasteiger partial charge in [0.25, 0.3) is 0 Å². The second-order valence-corrected chi connectivity index (χ2v) is 11.9. The zero-order valence-electron chi connectivity index (χ0n) is 26.5. The van der Waals surface area contributed by atoms with E-state index in [-0.39, 0.29) is 35.9 Å². The van der Waals surface area contributed by atoms with E-state index < -0.39 is 12.0 Å². The Bertz CT molecular complexity index is 1070. The molecule has 7 heteroatoms. The van der Waals surface area contributed by atoms with Gasteiger partial charge in [-0.05, 0) is 42.2 Å². The molecule has 2 aromatic rings. The average Bonchev–Trinajstić information content (AvgIpc) is 3.50. The van der Waals surface area contributed by atoms with Crippen molar-refractivity contribution in [2.75, 3.05) is 27.4 Å². The van der Waals surface area contributed by atoms with Crippen LogP contribution in [0, 0.1) is 17.8 Å². The summed E-state index contributed by atoms with van der Waals surface area (Å²) in [7, 11) is 3.33. The van der Waals surface area contributed by atoms with Crippen LogP contribution in [0.1, 0.15) is 64.5 Å². The van der Waals surface area contributed by atoms with Crippen molar-refractivity contribution in [3.63, 3.8) is 0 Å². The van der Waals surface area contributed by atoms with E-state index in [9.17, 15) is 9.59 Å². The molecule has 0 radical (unpaired) electrons. The van der Waals surface area contributed by atoms with Gasteiger partial charge in [0.2, 0.25) is 11.8 Å². The highest BCUT2D eigenvalue weighted by Gasteiger charge is 2.41. The summed E-state index contributed by atoms with van der Waals surface area (Å²) in [6, 6.07) is 19.8. The third-order valence-corrected chi connectivity index (χ3v) is 9.09. The third-order valence-electron chi connectivity index (χ3n) is 9.09. The number of ether oxygens (including phenoxy) is 3. The minimum Gasteiger partial charge on any atom is -0.381 e. The Balaban J connectivity index is 1.66. The molecule has 1 fully saturated rings. The molecule has 0 spiro atoms. The average molecular weight is 581 g/mol. The summed E-state index contributed by atoms with van der Waals surface area (Å²) in [5.41, 5.74) is 2.23. The summed E-state index contributed by atoms with van der Waals surface area (Å²) >= 11 is 0. The first-order chi connectivity index (χ1) is 20.3. The lowest BCUT2D eigenvalue weighted by molar-refractivity contribution is -0.143. The summed E-state index contributed by atoms with van der Waals surface area (Å²) in [6.45, 7) is 9.99. The van der Waals surface area contributed by atoms with Gasteiger partial charge in [-0.1, -0.05) is 94.8 Å². The van der Waals surface area contributed by atoms with Crippen LogP contribution in [0.25, 0.3) is 0 Å². The number of benzene rings is 2. The normalized spacial score (nSPS) is 19.5. The van der Waals surface area contributed by atoms with E-state index in [4.69, 9.17) is 14.2 Å². The van der Waals surface area contributed by atoms with Crippen LogP contribution in [-0.2, 0) is 36.8 Å². The first-order valence-electron chi connectivity index (χ1n) is 15.6. The fraction of sp³-hybridized carbons (Fsp3) is 0.600. The highest BCUT2D eigenvalue weighted by atomic mass is 16.5. The van der Waals surface area contributed by atoms with Crippen LogP contribution in [0.5, 0.6) is 0 Å². The van der Waals surface area contributed by atoms with Gasteiger partial charge in [-0.15, -0.1) is 0 Å². The summed E-state index contributed by atoms with van der Waals surface area (Å²) < 4.78 is 17.8. The van der Waals surface area contributed by atoms with Crippen molar-refractivity contribution in [1.82, 2.24) is 10.2 Å². The van der Waals surface area contributed by atoms with Crippen molar-refractivity contribution < 1.29 is 23.8 Å². The minimum atomic E-state index is -0.446. The van der Waals surface area contributed by atoms with Crippen LogP contribution < -0.4 is 5.32 Å². The Kier molecular flexibility index (Phi) is 14.0. The molecule has 3 rings (SSSR count). The van der Waals surface area contributed by atoms with E-state index in [2.05, 4.69) is 38.2 Å². The first kappa shape index (κ1) is 33.8. The maximum Gasteiger partial charge on any atom is 0.225 e. The van der Waals surface area contributed by atoms with Crippen molar-refractivity contribution in [3.05, 3.63) is 71.8 Å². The van der Waals surface area contributed by atoms with Crippen LogP contribution in [0.4, 0.5) is 0 Å². The molecule has 0 bridgehead atoms. The lowest BCUT2D eigenvalue weighted by atomic mass is 9.87. The standard InChI is InChI=1S/C35H52N2O5/c1-7-25(2)26(3)32(40-5)22-33(38)37-20-14-19-31(37)34(41-6)27(4)35(39)36-30(21-28-15-10-8-11-16-28)24-42-23-29-17-12-9-13-18-29/h8-13,15-18,25-27,30-32,34H,7,14,19-24H2,1-6H3,(H,36,39)/t25-,26-,27+,30-,31-,32+,34+/m0/s1. The fourth-order valence-corrected chi connectivity index (χ4v) is 6.07. The minimum absolute atomic E-state index is 0.0745. The monoisotopic (exact) mass is 580 g/mol. The molecule has 1 heterocycles. The van der Waals surface area contributed by atoms with E-state index in [1.54, 1.807) is 14.2 Å². The summed E-state index contributed by atoms with van der Waals surface area (Å²) in [4.78, 5) is 29.1. The van der Waals surface area contributed by atoms with Crippen molar-refractivity contribution >= 4 is 11.8 Å². The van der Waals surface area contributed by atoms with Gasteiger partial charge in [-0.25, -0.2) is 0 Å². The van der Waals surface area contributed by atoms with Gasteiger partial charge in [0, 0.05) is 20.8 Å². The highest BCUT2D eigenvalue weighted by molar-refractivity contribution is 5.80. The molecule has 0 saturated carbocycles. The molecule has 1 saturated heterocycles. The van der Waals surface area contributed by atoms with Crippen molar-refractivity contribution in [3.8, 4) is 0 Å². The molecular formula is C35H52N2O5. The molecule has 7 nitrogen and oxygen atoms in total. The SMILES string of the molecule is CC[C@H](C)[C@H](C)[C@@H](CC(=O)N1CCC[C@H]1[C@H](OC)[C@@H](C)C(=O)N[C@H](COCc1ccccc1)Cc1ccccc1)OC. The van der Waals surface area contributed by atoms with Crippen LogP contribution in [-0.4, -0.2) is 68.4 Å². The summed E-state index contributed by atoms with van der Waals surface area (Å²) in [5.74, 6) is 0.278. The summed E-state index contributed by atoms with van der Waals surface area (Å²) in [5, 5.41) is 3.24. The number of rotatable bonds is 17. The molecule has 232 valence electrons. The van der Waals surface area contributed by atoms with Gasteiger partial charge in [0.05, 0.1) is 49.8 Å². The van der Waals surface area contributed by atoms with Gasteiger partial charge in [-0.3, -0.25) is 9.59 Å². The predicted molar refractivity (Wildman–Crippen MR) is 167 cm³/mol. The second-order valence-electron chi connectivity index (χ2n) is 11.9. The molecule has 2 aromatic carbocycles. The first-order valence-corrected chi connectivity index (χ1v) is 15.6. The molecule has 0 unspecified atom stereocenters. The molecule has 1 aliphatic rings.